The predicted molar refractivity (Wildman–Crippen MR) is 125 cm³/mol. The fourth-order valence-corrected chi connectivity index (χ4v) is 3.81. The van der Waals surface area contributed by atoms with Crippen LogP contribution in [0.5, 0.6) is 0 Å². The van der Waals surface area contributed by atoms with Gasteiger partial charge in [-0.15, -0.1) is 0 Å². The van der Waals surface area contributed by atoms with Crippen LogP contribution in [0.3, 0.4) is 0 Å². The molecule has 0 fully saturated rings. The molecule has 0 spiro atoms. The molecule has 1 N–H and O–H groups in total. The van der Waals surface area contributed by atoms with E-state index < -0.39 is 0 Å². The number of rotatable bonds is 6. The third-order valence-electron chi connectivity index (χ3n) is 5.75. The number of carbonyl (C=O) groups excluding carboxylic acids is 1. The molecule has 164 valence electrons. The second-order valence-electron chi connectivity index (χ2n) is 8.37. The van der Waals surface area contributed by atoms with E-state index in [0.29, 0.717) is 24.2 Å². The van der Waals surface area contributed by atoms with E-state index in [9.17, 15) is 9.59 Å². The van der Waals surface area contributed by atoms with Crippen LogP contribution in [0.1, 0.15) is 45.4 Å². The molecule has 2 aromatic carbocycles. The van der Waals surface area contributed by atoms with Gasteiger partial charge in [0.15, 0.2) is 0 Å². The number of aryl methyl sites for hydroxylation is 3. The summed E-state index contributed by atoms with van der Waals surface area (Å²) in [4.78, 5) is 29.9. The van der Waals surface area contributed by atoms with Crippen molar-refractivity contribution in [2.75, 3.05) is 0 Å². The molecular formula is C26H27N3O3. The van der Waals surface area contributed by atoms with Crippen molar-refractivity contribution in [3.63, 3.8) is 0 Å². The lowest BCUT2D eigenvalue weighted by molar-refractivity contribution is 0.0939. The van der Waals surface area contributed by atoms with E-state index in [1.165, 1.54) is 0 Å². The Morgan fingerprint density at radius 3 is 2.50 bits per heavy atom. The Labute approximate surface area is 186 Å². The first-order valence-corrected chi connectivity index (χ1v) is 10.7. The molecule has 1 amide bonds. The summed E-state index contributed by atoms with van der Waals surface area (Å²) in [6.45, 7) is 8.18. The number of hydrogen-bond acceptors (Lipinski definition) is 4. The minimum Gasteiger partial charge on any atom is -0.469 e. The number of furan rings is 1. The molecule has 32 heavy (non-hydrogen) atoms. The van der Waals surface area contributed by atoms with Crippen LogP contribution in [0.15, 0.2) is 64.0 Å². The maximum atomic E-state index is 12.8. The molecule has 4 aromatic rings. The van der Waals surface area contributed by atoms with E-state index >= 15 is 0 Å². The Bertz CT molecular complexity index is 1320. The van der Waals surface area contributed by atoms with Gasteiger partial charge in [-0.1, -0.05) is 12.1 Å². The Hall–Kier alpha value is -3.67. The Balaban J connectivity index is 1.53. The summed E-state index contributed by atoms with van der Waals surface area (Å²) in [5, 5.41) is 2.99. The van der Waals surface area contributed by atoms with Crippen LogP contribution in [0.25, 0.3) is 11.0 Å². The van der Waals surface area contributed by atoms with E-state index in [0.717, 1.165) is 33.5 Å². The van der Waals surface area contributed by atoms with Gasteiger partial charge in [0.25, 0.3) is 11.5 Å². The molecular weight excluding hydrogens is 402 g/mol. The zero-order chi connectivity index (χ0) is 22.8. The quantitative estimate of drug-likeness (QED) is 0.495. The summed E-state index contributed by atoms with van der Waals surface area (Å²) in [6.07, 6.45) is 2.26. The largest absolute Gasteiger partial charge is 0.469 e. The fourth-order valence-electron chi connectivity index (χ4n) is 3.81. The smallest absolute Gasteiger partial charge is 0.272 e. The fraction of sp³-hybridized carbons (Fsp3) is 0.269. The molecule has 6 nitrogen and oxygen atoms in total. The normalized spacial score (nSPS) is 12.1. The van der Waals surface area contributed by atoms with Gasteiger partial charge < -0.3 is 14.3 Å². The van der Waals surface area contributed by atoms with Gasteiger partial charge in [-0.05, 0) is 80.8 Å². The van der Waals surface area contributed by atoms with Crippen molar-refractivity contribution in [1.29, 1.82) is 0 Å². The van der Waals surface area contributed by atoms with E-state index in [1.54, 1.807) is 29.9 Å². The number of benzene rings is 2. The first-order valence-electron chi connectivity index (χ1n) is 10.7. The molecule has 4 rings (SSSR count). The van der Waals surface area contributed by atoms with Crippen molar-refractivity contribution in [2.45, 2.75) is 46.7 Å². The van der Waals surface area contributed by atoms with Gasteiger partial charge in [-0.2, -0.15) is 0 Å². The number of nitrogens with one attached hydrogen (secondary N) is 1. The molecule has 0 saturated carbocycles. The number of nitrogens with zero attached hydrogens (tertiary/aromatic N) is 2. The highest BCUT2D eigenvalue weighted by atomic mass is 16.3. The lowest BCUT2D eigenvalue weighted by Gasteiger charge is -2.14. The lowest BCUT2D eigenvalue weighted by Crippen LogP contribution is -2.34. The Morgan fingerprint density at radius 2 is 1.81 bits per heavy atom. The van der Waals surface area contributed by atoms with Crippen LogP contribution >= 0.6 is 0 Å². The summed E-state index contributed by atoms with van der Waals surface area (Å²) in [6, 6.07) is 15.1. The third kappa shape index (κ3) is 4.49. The van der Waals surface area contributed by atoms with Crippen LogP contribution in [0, 0.1) is 20.8 Å². The summed E-state index contributed by atoms with van der Waals surface area (Å²) < 4.78 is 7.10. The summed E-state index contributed by atoms with van der Waals surface area (Å²) >= 11 is 0. The molecule has 0 aliphatic carbocycles. The first kappa shape index (κ1) is 21.6. The molecule has 0 saturated heterocycles. The zero-order valence-electron chi connectivity index (χ0n) is 18.8. The monoisotopic (exact) mass is 429 g/mol. The van der Waals surface area contributed by atoms with Crippen LogP contribution < -0.4 is 10.9 Å². The second-order valence-corrected chi connectivity index (χ2v) is 8.37. The predicted octanol–water partition coefficient (Wildman–Crippen LogP) is 4.32. The maximum absolute atomic E-state index is 12.8. The van der Waals surface area contributed by atoms with Crippen LogP contribution in [-0.4, -0.2) is 21.5 Å². The standard InChI is InChI=1S/C26H27N3O3/c1-16-12-23-24(13-17(16)2)29(26(31)19(4)28-23)15-20-7-9-21(10-8-20)25(30)27-18(3)14-22-6-5-11-32-22/h5-13,18H,14-15H2,1-4H3,(H,27,30)/t18-/m0/s1. The Kier molecular flexibility index (Phi) is 5.95. The Morgan fingerprint density at radius 1 is 1.09 bits per heavy atom. The highest BCUT2D eigenvalue weighted by molar-refractivity contribution is 5.94. The van der Waals surface area contributed by atoms with Crippen molar-refractivity contribution in [3.05, 3.63) is 98.9 Å². The van der Waals surface area contributed by atoms with Crippen molar-refractivity contribution >= 4 is 16.9 Å². The van der Waals surface area contributed by atoms with Gasteiger partial charge in [0.05, 0.1) is 23.8 Å². The number of fused-ring (bicyclic) bond motifs is 1. The molecule has 0 bridgehead atoms. The molecule has 0 unspecified atom stereocenters. The number of hydrogen-bond donors (Lipinski definition) is 1. The number of carbonyl (C=O) groups is 1. The minimum atomic E-state index is -0.135. The van der Waals surface area contributed by atoms with Gasteiger partial charge in [-0.25, -0.2) is 4.98 Å². The van der Waals surface area contributed by atoms with Crippen LogP contribution in [0.2, 0.25) is 0 Å². The lowest BCUT2D eigenvalue weighted by atomic mass is 10.1. The van der Waals surface area contributed by atoms with Crippen molar-refractivity contribution < 1.29 is 9.21 Å². The zero-order valence-corrected chi connectivity index (χ0v) is 18.8. The topological polar surface area (TPSA) is 77.1 Å². The number of amides is 1. The van der Waals surface area contributed by atoms with Crippen LogP contribution in [0.4, 0.5) is 0 Å². The summed E-state index contributed by atoms with van der Waals surface area (Å²) in [5.74, 6) is 0.702. The van der Waals surface area contributed by atoms with Gasteiger partial charge in [0.1, 0.15) is 11.5 Å². The molecule has 0 radical (unpaired) electrons. The van der Waals surface area contributed by atoms with Crippen LogP contribution in [-0.2, 0) is 13.0 Å². The van der Waals surface area contributed by atoms with Crippen molar-refractivity contribution in [1.82, 2.24) is 14.9 Å². The van der Waals surface area contributed by atoms with Gasteiger partial charge in [0.2, 0.25) is 0 Å². The molecule has 0 aliphatic heterocycles. The van der Waals surface area contributed by atoms with Crippen molar-refractivity contribution in [3.8, 4) is 0 Å². The minimum absolute atomic E-state index is 0.0511. The summed E-state index contributed by atoms with van der Waals surface area (Å²) in [7, 11) is 0. The third-order valence-corrected chi connectivity index (χ3v) is 5.75. The van der Waals surface area contributed by atoms with E-state index in [-0.39, 0.29) is 17.5 Å². The molecule has 6 heteroatoms. The average Bonchev–Trinajstić information content (AvgIpc) is 3.26. The SMILES string of the molecule is Cc1cc2nc(C)c(=O)n(Cc3ccc(C(=O)N[C@@H](C)Cc4ccco4)cc3)c2cc1C. The molecule has 0 aliphatic rings. The van der Waals surface area contributed by atoms with E-state index in [2.05, 4.69) is 10.3 Å². The van der Waals surface area contributed by atoms with E-state index in [1.807, 2.05) is 57.2 Å². The van der Waals surface area contributed by atoms with Crippen molar-refractivity contribution in [2.24, 2.45) is 0 Å². The highest BCUT2D eigenvalue weighted by Gasteiger charge is 2.13. The molecule has 2 heterocycles. The van der Waals surface area contributed by atoms with Gasteiger partial charge >= 0.3 is 0 Å². The first-order chi connectivity index (χ1) is 15.3. The van der Waals surface area contributed by atoms with Gasteiger partial charge in [0, 0.05) is 18.0 Å². The maximum Gasteiger partial charge on any atom is 0.272 e. The highest BCUT2D eigenvalue weighted by Crippen LogP contribution is 2.18. The van der Waals surface area contributed by atoms with E-state index in [4.69, 9.17) is 4.42 Å². The van der Waals surface area contributed by atoms with Gasteiger partial charge in [-0.3, -0.25) is 9.59 Å². The average molecular weight is 430 g/mol. The number of aromatic nitrogens is 2. The summed E-state index contributed by atoms with van der Waals surface area (Å²) in [5.41, 5.74) is 5.78. The second kappa shape index (κ2) is 8.83. The molecule has 2 aromatic heterocycles. The molecule has 1 atom stereocenters.